The number of carbonyl (C=O) groups excluding carboxylic acids is 6. The molecule has 0 rings (SSSR count). The molecule has 0 aliphatic carbocycles. The summed E-state index contributed by atoms with van der Waals surface area (Å²) < 4.78 is 0. The van der Waals surface area contributed by atoms with Crippen LogP contribution in [-0.2, 0) is 28.8 Å². The SMILES string of the molecule is CCCCCCCCCCC[C@@H](O)CC(=O)N[C@@H](CC(N)=O)C(=O)N[C@H](C(=O)N[C@H](C=O)CC(C)C)C(O)CC(N)=O. The normalized spacial score (nSPS) is 14.7. The fourth-order valence-corrected chi connectivity index (χ4v) is 4.51. The molecule has 242 valence electrons. The Kier molecular flexibility index (Phi) is 20.9. The summed E-state index contributed by atoms with van der Waals surface area (Å²) in [7, 11) is 0. The number of nitrogens with two attached hydrogens (primary N) is 2. The van der Waals surface area contributed by atoms with Crippen molar-refractivity contribution >= 4 is 35.8 Å². The monoisotopic (exact) mass is 599 g/mol. The Morgan fingerprint density at radius 2 is 1.29 bits per heavy atom. The van der Waals surface area contributed by atoms with Gasteiger partial charge in [-0.15, -0.1) is 0 Å². The first-order valence-electron chi connectivity index (χ1n) is 15.1. The van der Waals surface area contributed by atoms with Gasteiger partial charge in [0.2, 0.25) is 29.5 Å². The van der Waals surface area contributed by atoms with Crippen molar-refractivity contribution in [3.05, 3.63) is 0 Å². The maximum atomic E-state index is 13.0. The molecular weight excluding hydrogens is 546 g/mol. The third-order valence-corrected chi connectivity index (χ3v) is 6.71. The number of nitrogens with one attached hydrogen (secondary N) is 3. The number of aliphatic hydroxyl groups excluding tert-OH is 2. The Balaban J connectivity index is 5.14. The van der Waals surface area contributed by atoms with E-state index in [1.165, 1.54) is 32.1 Å². The van der Waals surface area contributed by atoms with Crippen LogP contribution in [0.25, 0.3) is 0 Å². The summed E-state index contributed by atoms with van der Waals surface area (Å²) in [6.07, 6.45) is 6.80. The highest BCUT2D eigenvalue weighted by Gasteiger charge is 2.34. The minimum Gasteiger partial charge on any atom is -0.393 e. The van der Waals surface area contributed by atoms with Gasteiger partial charge in [-0.2, -0.15) is 0 Å². The van der Waals surface area contributed by atoms with Crippen molar-refractivity contribution < 1.29 is 39.0 Å². The second-order valence-electron chi connectivity index (χ2n) is 11.4. The average molecular weight is 600 g/mol. The first-order chi connectivity index (χ1) is 19.8. The van der Waals surface area contributed by atoms with Crippen LogP contribution in [-0.4, -0.2) is 76.4 Å². The van der Waals surface area contributed by atoms with Crippen LogP contribution in [0.15, 0.2) is 0 Å². The number of aliphatic hydroxyl groups is 2. The van der Waals surface area contributed by atoms with Crippen molar-refractivity contribution in [3.8, 4) is 0 Å². The first kappa shape index (κ1) is 38.9. The second kappa shape index (κ2) is 22.5. The van der Waals surface area contributed by atoms with Gasteiger partial charge in [0.1, 0.15) is 18.4 Å². The van der Waals surface area contributed by atoms with Gasteiger partial charge in [-0.05, 0) is 18.8 Å². The Morgan fingerprint density at radius 1 is 0.738 bits per heavy atom. The van der Waals surface area contributed by atoms with Gasteiger partial charge in [0.15, 0.2) is 0 Å². The van der Waals surface area contributed by atoms with E-state index in [0.29, 0.717) is 12.7 Å². The van der Waals surface area contributed by atoms with E-state index in [1.54, 1.807) is 0 Å². The summed E-state index contributed by atoms with van der Waals surface area (Å²) in [6.45, 7) is 5.83. The van der Waals surface area contributed by atoms with Crippen LogP contribution in [0.4, 0.5) is 0 Å². The molecule has 0 saturated heterocycles. The number of carbonyl (C=O) groups is 6. The summed E-state index contributed by atoms with van der Waals surface area (Å²) in [5.74, 6) is -4.55. The Hall–Kier alpha value is -3.06. The van der Waals surface area contributed by atoms with E-state index in [2.05, 4.69) is 22.9 Å². The average Bonchev–Trinajstić information content (AvgIpc) is 2.88. The predicted octanol–water partition coefficient (Wildman–Crippen LogP) is 0.469. The molecule has 0 radical (unpaired) electrons. The molecule has 42 heavy (non-hydrogen) atoms. The number of rotatable bonds is 25. The maximum absolute atomic E-state index is 13.0. The van der Waals surface area contributed by atoms with Crippen molar-refractivity contribution in [1.82, 2.24) is 16.0 Å². The molecule has 0 heterocycles. The van der Waals surface area contributed by atoms with Crippen molar-refractivity contribution in [2.75, 3.05) is 0 Å². The van der Waals surface area contributed by atoms with Crippen LogP contribution in [0.2, 0.25) is 0 Å². The summed E-state index contributed by atoms with van der Waals surface area (Å²) >= 11 is 0. The number of unbranched alkanes of at least 4 members (excludes halogenated alkanes) is 8. The fourth-order valence-electron chi connectivity index (χ4n) is 4.51. The topological polar surface area (TPSA) is 231 Å². The summed E-state index contributed by atoms with van der Waals surface area (Å²) in [5.41, 5.74) is 10.4. The Bertz CT molecular complexity index is 854. The van der Waals surface area contributed by atoms with Crippen molar-refractivity contribution in [2.45, 2.75) is 141 Å². The largest absolute Gasteiger partial charge is 0.393 e. The maximum Gasteiger partial charge on any atom is 0.245 e. The molecule has 5 amide bonds. The molecule has 9 N–H and O–H groups in total. The Labute approximate surface area is 249 Å². The third-order valence-electron chi connectivity index (χ3n) is 6.71. The number of aldehydes is 1. The van der Waals surface area contributed by atoms with Gasteiger partial charge in [0.05, 0.1) is 37.5 Å². The smallest absolute Gasteiger partial charge is 0.245 e. The van der Waals surface area contributed by atoms with Gasteiger partial charge in [-0.1, -0.05) is 78.6 Å². The molecule has 5 atom stereocenters. The van der Waals surface area contributed by atoms with Crippen molar-refractivity contribution in [2.24, 2.45) is 17.4 Å². The zero-order chi connectivity index (χ0) is 32.1. The van der Waals surface area contributed by atoms with Gasteiger partial charge in [-0.3, -0.25) is 24.0 Å². The molecule has 0 saturated carbocycles. The van der Waals surface area contributed by atoms with Gasteiger partial charge < -0.3 is 42.4 Å². The van der Waals surface area contributed by atoms with Gasteiger partial charge >= 0.3 is 0 Å². The molecule has 0 aromatic heterocycles. The van der Waals surface area contributed by atoms with E-state index in [4.69, 9.17) is 11.5 Å². The van der Waals surface area contributed by atoms with E-state index < -0.39 is 72.7 Å². The molecule has 0 aromatic rings. The third kappa shape index (κ3) is 19.1. The molecular formula is C29H53N5O8. The van der Waals surface area contributed by atoms with E-state index in [0.717, 1.165) is 25.7 Å². The zero-order valence-corrected chi connectivity index (χ0v) is 25.4. The highest BCUT2D eigenvalue weighted by atomic mass is 16.3. The van der Waals surface area contributed by atoms with E-state index in [1.807, 2.05) is 13.8 Å². The summed E-state index contributed by atoms with van der Waals surface area (Å²) in [5, 5.41) is 27.7. The van der Waals surface area contributed by atoms with Crippen LogP contribution < -0.4 is 27.4 Å². The first-order valence-corrected chi connectivity index (χ1v) is 15.1. The van der Waals surface area contributed by atoms with Crippen LogP contribution >= 0.6 is 0 Å². The highest BCUT2D eigenvalue weighted by Crippen LogP contribution is 2.13. The van der Waals surface area contributed by atoms with Crippen LogP contribution in [0.3, 0.4) is 0 Å². The lowest BCUT2D eigenvalue weighted by Gasteiger charge is -2.27. The highest BCUT2D eigenvalue weighted by molar-refractivity contribution is 5.95. The standard InChI is InChI=1S/C29H53N5O8/c1-4-5-6-7-8-9-10-11-12-13-21(36)15-26(40)33-22(16-24(30)38)28(41)34-27(23(37)17-25(31)39)29(42)32-20(18-35)14-19(2)3/h18-23,27,36-37H,4-17H2,1-3H3,(H2,30,38)(H2,31,39)(H,32,42)(H,33,40)(H,34,41)/t20-,21+,22-,23?,27-/m0/s1. The van der Waals surface area contributed by atoms with E-state index in [-0.39, 0.29) is 18.8 Å². The van der Waals surface area contributed by atoms with Crippen LogP contribution in [0.5, 0.6) is 0 Å². The molecule has 13 nitrogen and oxygen atoms in total. The van der Waals surface area contributed by atoms with Gasteiger partial charge in [0, 0.05) is 0 Å². The number of hydrogen-bond donors (Lipinski definition) is 7. The number of primary amides is 2. The molecule has 0 spiro atoms. The number of amides is 5. The zero-order valence-electron chi connectivity index (χ0n) is 25.4. The van der Waals surface area contributed by atoms with Gasteiger partial charge in [-0.25, -0.2) is 0 Å². The molecule has 13 heteroatoms. The lowest BCUT2D eigenvalue weighted by Crippen LogP contribution is -2.60. The van der Waals surface area contributed by atoms with E-state index >= 15 is 0 Å². The van der Waals surface area contributed by atoms with Crippen LogP contribution in [0, 0.1) is 5.92 Å². The molecule has 0 fully saturated rings. The molecule has 0 bridgehead atoms. The molecule has 0 aliphatic heterocycles. The predicted molar refractivity (Wildman–Crippen MR) is 157 cm³/mol. The lowest BCUT2D eigenvalue weighted by atomic mass is 10.0. The summed E-state index contributed by atoms with van der Waals surface area (Å²) in [6, 6.07) is -4.18. The van der Waals surface area contributed by atoms with Crippen LogP contribution in [0.1, 0.15) is 111 Å². The fraction of sp³-hybridized carbons (Fsp3) is 0.793. The van der Waals surface area contributed by atoms with Crippen molar-refractivity contribution in [1.29, 1.82) is 0 Å². The molecule has 0 aromatic carbocycles. The Morgan fingerprint density at radius 3 is 1.79 bits per heavy atom. The molecule has 1 unspecified atom stereocenters. The minimum atomic E-state index is -1.76. The summed E-state index contributed by atoms with van der Waals surface area (Å²) in [4.78, 5) is 72.9. The number of hydrogen-bond acceptors (Lipinski definition) is 8. The van der Waals surface area contributed by atoms with Crippen molar-refractivity contribution in [3.63, 3.8) is 0 Å². The minimum absolute atomic E-state index is 0.0370. The molecule has 0 aliphatic rings. The van der Waals surface area contributed by atoms with Gasteiger partial charge in [0.25, 0.3) is 0 Å². The quantitative estimate of drug-likeness (QED) is 0.0574. The lowest BCUT2D eigenvalue weighted by molar-refractivity contribution is -0.136. The second-order valence-corrected chi connectivity index (χ2v) is 11.4. The van der Waals surface area contributed by atoms with E-state index in [9.17, 15) is 39.0 Å².